The molecule has 1 fully saturated rings. The molecule has 1 aromatic carbocycles. The van der Waals surface area contributed by atoms with E-state index in [0.717, 1.165) is 24.9 Å². The van der Waals surface area contributed by atoms with E-state index < -0.39 is 11.6 Å². The summed E-state index contributed by atoms with van der Waals surface area (Å²) in [7, 11) is 1.34. The number of aromatic nitrogens is 6. The summed E-state index contributed by atoms with van der Waals surface area (Å²) in [6.45, 7) is 4.55. The fourth-order valence-corrected chi connectivity index (χ4v) is 3.32. The largest absolute Gasteiger partial charge is 0.491 e. The average molecular weight is 360 g/mol. The average Bonchev–Trinajstić information content (AvgIpc) is 3.07. The van der Waals surface area contributed by atoms with Gasteiger partial charge in [-0.3, -0.25) is 0 Å². The molecule has 1 aliphatic rings. The highest BCUT2D eigenvalue weighted by atomic mass is 19.1. The summed E-state index contributed by atoms with van der Waals surface area (Å²) in [6, 6.07) is 1.99. The Morgan fingerprint density at radius 2 is 2.00 bits per heavy atom. The van der Waals surface area contributed by atoms with Crippen LogP contribution < -0.4 is 4.74 Å². The Labute approximate surface area is 148 Å². The summed E-state index contributed by atoms with van der Waals surface area (Å²) in [5.41, 5.74) is 0.197. The lowest BCUT2D eigenvalue weighted by Crippen LogP contribution is -2.07. The minimum atomic E-state index is -0.778. The van der Waals surface area contributed by atoms with Crippen molar-refractivity contribution < 1.29 is 13.5 Å². The molecule has 2 unspecified atom stereocenters. The van der Waals surface area contributed by atoms with E-state index in [1.165, 1.54) is 17.9 Å². The monoisotopic (exact) mass is 360 g/mol. The van der Waals surface area contributed by atoms with Crippen LogP contribution in [0.4, 0.5) is 8.78 Å². The lowest BCUT2D eigenvalue weighted by molar-refractivity contribution is 0.380. The highest BCUT2D eigenvalue weighted by Crippen LogP contribution is 2.53. The summed E-state index contributed by atoms with van der Waals surface area (Å²) < 4.78 is 36.5. The molecular weight excluding hydrogens is 342 g/mol. The van der Waals surface area contributed by atoms with Crippen LogP contribution in [0.25, 0.3) is 5.69 Å². The van der Waals surface area contributed by atoms with Crippen LogP contribution in [0.5, 0.6) is 5.75 Å². The fraction of sp³-hybridized carbons (Fsp3) is 0.412. The van der Waals surface area contributed by atoms with Crippen LogP contribution in [-0.4, -0.2) is 36.6 Å². The van der Waals surface area contributed by atoms with Crippen LogP contribution in [0.3, 0.4) is 0 Å². The molecule has 1 saturated carbocycles. The molecule has 136 valence electrons. The van der Waals surface area contributed by atoms with E-state index in [9.17, 15) is 8.78 Å². The molecule has 0 aliphatic heterocycles. The molecule has 0 N–H and O–H groups in total. The van der Waals surface area contributed by atoms with Crippen LogP contribution in [0, 0.1) is 18.6 Å². The number of hydrogen-bond donors (Lipinski definition) is 0. The number of ether oxygens (including phenoxy) is 1. The molecule has 1 aliphatic carbocycles. The van der Waals surface area contributed by atoms with Gasteiger partial charge in [0.25, 0.3) is 0 Å². The lowest BCUT2D eigenvalue weighted by atomic mass is 10.2. The zero-order chi connectivity index (χ0) is 18.4. The minimum absolute atomic E-state index is 0.0572. The zero-order valence-electron chi connectivity index (χ0n) is 14.6. The third-order valence-corrected chi connectivity index (χ3v) is 4.60. The van der Waals surface area contributed by atoms with Crippen molar-refractivity contribution in [1.82, 2.24) is 29.5 Å². The number of nitrogens with zero attached hydrogens (tertiary/aromatic N) is 6. The van der Waals surface area contributed by atoms with E-state index >= 15 is 0 Å². The summed E-state index contributed by atoms with van der Waals surface area (Å²) >= 11 is 0. The van der Waals surface area contributed by atoms with Gasteiger partial charge in [-0.25, -0.2) is 18.4 Å². The molecular formula is C17H18F2N6O. The number of halogens is 2. The van der Waals surface area contributed by atoms with Gasteiger partial charge >= 0.3 is 0 Å². The van der Waals surface area contributed by atoms with Gasteiger partial charge < -0.3 is 9.30 Å². The topological polar surface area (TPSA) is 70.7 Å². The van der Waals surface area contributed by atoms with Crippen molar-refractivity contribution in [3.8, 4) is 11.4 Å². The summed E-state index contributed by atoms with van der Waals surface area (Å²) in [6.07, 6.45) is 2.53. The maximum Gasteiger partial charge on any atom is 0.180 e. The highest BCUT2D eigenvalue weighted by Gasteiger charge is 2.46. The predicted molar refractivity (Wildman–Crippen MR) is 88.4 cm³/mol. The second-order valence-electron chi connectivity index (χ2n) is 6.29. The van der Waals surface area contributed by atoms with Gasteiger partial charge in [0.1, 0.15) is 35.3 Å². The highest BCUT2D eigenvalue weighted by molar-refractivity contribution is 5.48. The Balaban J connectivity index is 1.76. The number of benzene rings is 1. The van der Waals surface area contributed by atoms with Crippen LogP contribution >= 0.6 is 0 Å². The number of aryl methyl sites for hydroxylation is 2. The summed E-state index contributed by atoms with van der Waals surface area (Å²) in [4.78, 5) is 4.49. The number of hydrogen-bond acceptors (Lipinski definition) is 5. The van der Waals surface area contributed by atoms with Crippen molar-refractivity contribution in [2.75, 3.05) is 7.11 Å². The molecule has 0 spiro atoms. The van der Waals surface area contributed by atoms with E-state index in [-0.39, 0.29) is 23.3 Å². The molecule has 0 bridgehead atoms. The molecule has 4 rings (SSSR count). The summed E-state index contributed by atoms with van der Waals surface area (Å²) in [5, 5.41) is 12.5. The van der Waals surface area contributed by atoms with Gasteiger partial charge in [0, 0.05) is 30.5 Å². The quantitative estimate of drug-likeness (QED) is 0.700. The van der Waals surface area contributed by atoms with Gasteiger partial charge in [0.2, 0.25) is 0 Å². The predicted octanol–water partition coefficient (Wildman–Crippen LogP) is 2.75. The van der Waals surface area contributed by atoms with Crippen molar-refractivity contribution in [3.05, 3.63) is 47.6 Å². The molecule has 2 atom stereocenters. The Kier molecular flexibility index (Phi) is 3.93. The Hall–Kier alpha value is -2.84. The number of methoxy groups -OCH3 is 1. The van der Waals surface area contributed by atoms with Crippen LogP contribution in [0.15, 0.2) is 18.5 Å². The van der Waals surface area contributed by atoms with Crippen LogP contribution in [0.2, 0.25) is 0 Å². The van der Waals surface area contributed by atoms with E-state index in [1.54, 1.807) is 13.3 Å². The maximum absolute atomic E-state index is 14.1. The third kappa shape index (κ3) is 2.63. The zero-order valence-corrected chi connectivity index (χ0v) is 14.6. The Morgan fingerprint density at radius 3 is 2.73 bits per heavy atom. The summed E-state index contributed by atoms with van der Waals surface area (Å²) in [5.74, 6) is 0.727. The van der Waals surface area contributed by atoms with Crippen molar-refractivity contribution in [3.63, 3.8) is 0 Å². The van der Waals surface area contributed by atoms with Gasteiger partial charge in [0.15, 0.2) is 11.6 Å². The maximum atomic E-state index is 14.1. The fourth-order valence-electron chi connectivity index (χ4n) is 3.32. The van der Waals surface area contributed by atoms with Crippen molar-refractivity contribution in [1.29, 1.82) is 0 Å². The first-order valence-corrected chi connectivity index (χ1v) is 8.38. The molecule has 0 amide bonds. The van der Waals surface area contributed by atoms with E-state index in [0.29, 0.717) is 11.6 Å². The minimum Gasteiger partial charge on any atom is -0.491 e. The Bertz CT molecular complexity index is 966. The molecule has 0 radical (unpaired) electrons. The smallest absolute Gasteiger partial charge is 0.180 e. The van der Waals surface area contributed by atoms with Crippen molar-refractivity contribution in [2.24, 2.45) is 0 Å². The molecule has 2 heterocycles. The van der Waals surface area contributed by atoms with Crippen LogP contribution in [0.1, 0.15) is 42.7 Å². The second kappa shape index (κ2) is 6.15. The van der Waals surface area contributed by atoms with E-state index in [2.05, 4.69) is 20.3 Å². The standard InChI is InChI=1S/C17H18F2N6O/c1-4-24-8-20-22-17(24)12-7-11(12)16-21-9(2)23-25(16)14-6-10(18)5-13(19)15(14)26-3/h5-6,8,11-12H,4,7H2,1-3H3. The first kappa shape index (κ1) is 16.6. The van der Waals surface area contributed by atoms with E-state index in [4.69, 9.17) is 4.74 Å². The van der Waals surface area contributed by atoms with Crippen molar-refractivity contribution in [2.45, 2.75) is 38.6 Å². The molecule has 26 heavy (non-hydrogen) atoms. The van der Waals surface area contributed by atoms with Gasteiger partial charge in [-0.15, -0.1) is 10.2 Å². The lowest BCUT2D eigenvalue weighted by Gasteiger charge is -2.12. The molecule has 7 nitrogen and oxygen atoms in total. The van der Waals surface area contributed by atoms with Gasteiger partial charge in [-0.2, -0.15) is 5.10 Å². The molecule has 2 aromatic heterocycles. The van der Waals surface area contributed by atoms with Crippen molar-refractivity contribution >= 4 is 0 Å². The first-order chi connectivity index (χ1) is 12.5. The molecule has 3 aromatic rings. The van der Waals surface area contributed by atoms with Gasteiger partial charge in [0.05, 0.1) is 7.11 Å². The molecule has 0 saturated heterocycles. The Morgan fingerprint density at radius 1 is 1.23 bits per heavy atom. The van der Waals surface area contributed by atoms with Gasteiger partial charge in [-0.05, 0) is 20.3 Å². The normalized spacial score (nSPS) is 19.0. The molecule has 9 heteroatoms. The third-order valence-electron chi connectivity index (χ3n) is 4.60. The SMILES string of the molecule is CCn1cnnc1C1CC1c1nc(C)nn1-c1cc(F)cc(F)c1OC. The van der Waals surface area contributed by atoms with Gasteiger partial charge in [-0.1, -0.05) is 0 Å². The van der Waals surface area contributed by atoms with Crippen LogP contribution in [-0.2, 0) is 6.54 Å². The number of rotatable bonds is 5. The first-order valence-electron chi connectivity index (χ1n) is 8.38. The second-order valence-corrected chi connectivity index (χ2v) is 6.29. The van der Waals surface area contributed by atoms with E-state index in [1.807, 2.05) is 11.5 Å².